The zero-order valence-corrected chi connectivity index (χ0v) is 5.51. The maximum Gasteiger partial charge on any atom is 0.430 e. The number of carbonyl (C=O) groups is 2. The van der Waals surface area contributed by atoms with Crippen LogP contribution in [0, 0.1) is 5.53 Å². The summed E-state index contributed by atoms with van der Waals surface area (Å²) in [6, 6.07) is 0. The molecule has 0 saturated heterocycles. The lowest BCUT2D eigenvalue weighted by molar-refractivity contribution is -0.298. The lowest BCUT2D eigenvalue weighted by Gasteiger charge is -1.87. The zero-order valence-electron chi connectivity index (χ0n) is 4.76. The summed E-state index contributed by atoms with van der Waals surface area (Å²) in [7, 11) is 0. The first kappa shape index (κ1) is 8.81. The fraction of sp³-hybridized carbons (Fsp3) is 0.250. The van der Waals surface area contributed by atoms with Crippen molar-refractivity contribution in [3.8, 4) is 0 Å². The maximum atomic E-state index is 10.4. The molecule has 6 heteroatoms. The van der Waals surface area contributed by atoms with Crippen molar-refractivity contribution >= 4 is 29.1 Å². The van der Waals surface area contributed by atoms with Gasteiger partial charge in [0.25, 0.3) is 5.78 Å². The Bertz CT molecular complexity index is 219. The van der Waals surface area contributed by atoms with Crippen LogP contribution < -0.4 is 5.11 Å². The van der Waals surface area contributed by atoms with Gasteiger partial charge in [-0.3, -0.25) is 4.79 Å². The molecule has 0 aromatic heterocycles. The summed E-state index contributed by atoms with van der Waals surface area (Å²) in [4.78, 5) is 22.7. The Balaban J connectivity index is 4.56. The van der Waals surface area contributed by atoms with Crippen molar-refractivity contribution in [2.45, 2.75) is 0 Å². The molecule has 0 unspecified atom stereocenters. The number of hydrogen-bond donors (Lipinski definition) is 1. The Morgan fingerprint density at radius 2 is 2.10 bits per heavy atom. The number of carboxylic acid groups (broad SMARTS) is 1. The van der Waals surface area contributed by atoms with Crippen LogP contribution in [-0.2, 0) is 9.59 Å². The minimum atomic E-state index is -1.78. The van der Waals surface area contributed by atoms with E-state index in [1.165, 1.54) is 0 Å². The number of alkyl halides is 1. The van der Waals surface area contributed by atoms with E-state index in [-0.39, 0.29) is 0 Å². The first-order valence-electron chi connectivity index (χ1n) is 2.18. The molecule has 0 aromatic rings. The van der Waals surface area contributed by atoms with Crippen molar-refractivity contribution in [3.63, 3.8) is 0 Å². The van der Waals surface area contributed by atoms with E-state index in [0.717, 1.165) is 0 Å². The minimum Gasteiger partial charge on any atom is -0.538 e. The zero-order chi connectivity index (χ0) is 8.15. The highest BCUT2D eigenvalue weighted by Crippen LogP contribution is 1.79. The van der Waals surface area contributed by atoms with Crippen LogP contribution in [0.25, 0.3) is 0 Å². The monoisotopic (exact) mass is 162 g/mol. The molecule has 10 heavy (non-hydrogen) atoms. The number of rotatable bonds is 3. The van der Waals surface area contributed by atoms with E-state index in [9.17, 15) is 14.7 Å². The highest BCUT2D eigenvalue weighted by Gasteiger charge is 2.22. The normalized spacial score (nSPS) is 8.10. The number of Topliss-reactive ketones (excluding diaryl/α,β-unsaturated/α-hetero) is 1. The van der Waals surface area contributed by atoms with Crippen molar-refractivity contribution in [1.29, 1.82) is 5.53 Å². The quantitative estimate of drug-likeness (QED) is 0.175. The molecule has 0 aliphatic carbocycles. The Hall–Kier alpha value is -1.19. The van der Waals surface area contributed by atoms with Gasteiger partial charge in [0.2, 0.25) is 0 Å². The molecule has 0 rings (SSSR count). The van der Waals surface area contributed by atoms with E-state index < -0.39 is 23.3 Å². The maximum absolute atomic E-state index is 10.4. The van der Waals surface area contributed by atoms with Crippen LogP contribution in [0.15, 0.2) is 0 Å². The second-order valence-corrected chi connectivity index (χ2v) is 1.57. The molecule has 0 fully saturated rings. The first-order chi connectivity index (χ1) is 4.63. The number of aliphatic carboxylic acids is 1. The van der Waals surface area contributed by atoms with Crippen LogP contribution in [0.5, 0.6) is 0 Å². The number of nitrogens with zero attached hydrogens (tertiary/aromatic N) is 1. The third-order valence-corrected chi connectivity index (χ3v) is 0.933. The lowest BCUT2D eigenvalue weighted by atomic mass is 10.3. The van der Waals surface area contributed by atoms with Gasteiger partial charge in [0.15, 0.2) is 5.97 Å². The van der Waals surface area contributed by atoms with E-state index in [4.69, 9.17) is 17.1 Å². The second-order valence-electron chi connectivity index (χ2n) is 1.30. The van der Waals surface area contributed by atoms with Gasteiger partial charge in [-0.1, -0.05) is 0 Å². The number of carbonyl (C=O) groups excluding carboxylic acids is 2. The average molecular weight is 163 g/mol. The Morgan fingerprint density at radius 3 is 2.20 bits per heavy atom. The van der Waals surface area contributed by atoms with Gasteiger partial charge in [-0.2, -0.15) is 0 Å². The van der Waals surface area contributed by atoms with Crippen LogP contribution in [-0.4, -0.2) is 28.1 Å². The second kappa shape index (κ2) is 3.76. The number of ketones is 1. The average Bonchev–Trinajstić information content (AvgIpc) is 1.88. The highest BCUT2D eigenvalue weighted by atomic mass is 35.5. The predicted octanol–water partition coefficient (Wildman–Crippen LogP) is -1.78. The third kappa shape index (κ3) is 1.97. The van der Waals surface area contributed by atoms with Crippen LogP contribution >= 0.6 is 11.6 Å². The summed E-state index contributed by atoms with van der Waals surface area (Å²) in [6.45, 7) is 0. The topological polar surface area (TPSA) is 95.2 Å². The van der Waals surface area contributed by atoms with Crippen molar-refractivity contribution < 1.29 is 19.5 Å². The van der Waals surface area contributed by atoms with Gasteiger partial charge in [0.05, 0.1) is 16.2 Å². The Labute approximate surface area is 60.8 Å². The van der Waals surface area contributed by atoms with Crippen molar-refractivity contribution in [1.82, 2.24) is 0 Å². The molecular formula is C4H3ClN2O3. The molecule has 0 heterocycles. The molecule has 0 radical (unpaired) electrons. The van der Waals surface area contributed by atoms with Gasteiger partial charge in [0, 0.05) is 0 Å². The van der Waals surface area contributed by atoms with Gasteiger partial charge in [-0.05, 0) is 0 Å². The van der Waals surface area contributed by atoms with E-state index in [1.807, 2.05) is 0 Å². The fourth-order valence-corrected chi connectivity index (χ4v) is 0.412. The van der Waals surface area contributed by atoms with Gasteiger partial charge in [-0.15, -0.1) is 11.6 Å². The summed E-state index contributed by atoms with van der Waals surface area (Å²) in [6.07, 6.45) is 0. The number of carboxylic acids is 1. The van der Waals surface area contributed by atoms with Crippen molar-refractivity contribution in [3.05, 3.63) is 0 Å². The van der Waals surface area contributed by atoms with Crippen LogP contribution in [0.3, 0.4) is 0 Å². The molecule has 54 valence electrons. The third-order valence-electron chi connectivity index (χ3n) is 0.691. The molecule has 0 saturated carbocycles. The summed E-state index contributed by atoms with van der Waals surface area (Å²) < 4.78 is 0. The van der Waals surface area contributed by atoms with Crippen LogP contribution in [0.4, 0.5) is 0 Å². The molecular weight excluding hydrogens is 160 g/mol. The number of hydrogen-bond acceptors (Lipinski definition) is 4. The molecule has 0 bridgehead atoms. The lowest BCUT2D eigenvalue weighted by Crippen LogP contribution is -2.38. The predicted molar refractivity (Wildman–Crippen MR) is 28.7 cm³/mol. The van der Waals surface area contributed by atoms with Gasteiger partial charge < -0.3 is 9.90 Å². The summed E-state index contributed by atoms with van der Waals surface area (Å²) >= 11 is 4.96. The summed E-state index contributed by atoms with van der Waals surface area (Å²) in [5.74, 6) is -3.21. The van der Waals surface area contributed by atoms with E-state index in [0.29, 0.717) is 0 Å². The van der Waals surface area contributed by atoms with Crippen LogP contribution in [0.2, 0.25) is 0 Å². The molecule has 5 nitrogen and oxygen atoms in total. The van der Waals surface area contributed by atoms with Crippen molar-refractivity contribution in [2.75, 3.05) is 5.88 Å². The van der Waals surface area contributed by atoms with E-state index >= 15 is 0 Å². The summed E-state index contributed by atoms with van der Waals surface area (Å²) in [5.41, 5.74) is 5.26. The molecule has 1 N–H and O–H groups in total. The Kier molecular flexibility index (Phi) is 3.32. The molecule has 0 atom stereocenters. The SMILES string of the molecule is N=[N+]=C(C(=O)[O-])C(=O)CCl. The van der Waals surface area contributed by atoms with Gasteiger partial charge >= 0.3 is 5.71 Å². The standard InChI is InChI=1S/C4H3ClN2O3/c5-1-2(8)3(7-6)4(9)10/h6H,1H2. The highest BCUT2D eigenvalue weighted by molar-refractivity contribution is 6.65. The number of nitrogens with one attached hydrogen (secondary N) is 1. The Morgan fingerprint density at radius 1 is 1.60 bits per heavy atom. The molecule has 0 spiro atoms. The van der Waals surface area contributed by atoms with Gasteiger partial charge in [0.1, 0.15) is 0 Å². The molecule has 0 aromatic carbocycles. The van der Waals surface area contributed by atoms with E-state index in [2.05, 4.69) is 4.79 Å². The largest absolute Gasteiger partial charge is 0.538 e. The smallest absolute Gasteiger partial charge is 0.430 e. The van der Waals surface area contributed by atoms with Crippen molar-refractivity contribution in [2.24, 2.45) is 0 Å². The first-order valence-corrected chi connectivity index (χ1v) is 2.71. The van der Waals surface area contributed by atoms with E-state index in [1.54, 1.807) is 0 Å². The summed E-state index contributed by atoms with van der Waals surface area (Å²) in [5, 5.41) is 9.89. The van der Waals surface area contributed by atoms with Gasteiger partial charge in [-0.25, -0.2) is 0 Å². The fourth-order valence-electron chi connectivity index (χ4n) is 0.285. The molecule has 0 amide bonds. The molecule has 0 aliphatic heterocycles. The molecule has 0 aliphatic rings. The minimum absolute atomic E-state index is 0.508. The van der Waals surface area contributed by atoms with Crippen LogP contribution in [0.1, 0.15) is 0 Å². The number of halogens is 1.